The molecule has 4 heteroatoms. The molecule has 1 aliphatic carbocycles. The average molecular weight is 445 g/mol. The molecule has 0 aromatic heterocycles. The van der Waals surface area contributed by atoms with Gasteiger partial charge >= 0.3 is 0 Å². The molecule has 0 fully saturated rings. The van der Waals surface area contributed by atoms with Crippen LogP contribution in [0.5, 0.6) is 0 Å². The predicted molar refractivity (Wildman–Crippen MR) is 126 cm³/mol. The van der Waals surface area contributed by atoms with Gasteiger partial charge in [-0.25, -0.2) is 0 Å². The van der Waals surface area contributed by atoms with E-state index in [2.05, 4.69) is 48.6 Å². The summed E-state index contributed by atoms with van der Waals surface area (Å²) in [4.78, 5) is -1.57. The summed E-state index contributed by atoms with van der Waals surface area (Å²) in [6.45, 7) is 0. The zero-order valence-corrected chi connectivity index (χ0v) is 18.3. The molecule has 1 aliphatic rings. The number of benzene rings is 3. The first-order chi connectivity index (χ1) is 13.6. The molecule has 0 bridgehead atoms. The van der Waals surface area contributed by atoms with Gasteiger partial charge in [-0.3, -0.25) is 0 Å². The summed E-state index contributed by atoms with van der Waals surface area (Å²) in [6.07, 6.45) is 4.17. The number of alkyl halides is 3. The van der Waals surface area contributed by atoms with Gasteiger partial charge in [0.25, 0.3) is 0 Å². The fourth-order valence-electron chi connectivity index (χ4n) is 4.34. The van der Waals surface area contributed by atoms with Gasteiger partial charge in [-0.1, -0.05) is 103 Å². The molecular formula is C25H24Cl3N. The molecule has 4 unspecified atom stereocenters. The van der Waals surface area contributed by atoms with Crippen LogP contribution < -0.4 is 6.15 Å². The van der Waals surface area contributed by atoms with Crippen molar-refractivity contribution in [1.29, 1.82) is 0 Å². The Morgan fingerprint density at radius 2 is 1.17 bits per heavy atom. The summed E-state index contributed by atoms with van der Waals surface area (Å²) < 4.78 is 0. The van der Waals surface area contributed by atoms with Crippen LogP contribution in [0.25, 0.3) is 0 Å². The highest BCUT2D eigenvalue weighted by Crippen LogP contribution is 2.62. The smallest absolute Gasteiger partial charge is 0.0964 e. The van der Waals surface area contributed by atoms with Crippen molar-refractivity contribution in [2.45, 2.75) is 15.7 Å². The van der Waals surface area contributed by atoms with E-state index in [1.54, 1.807) is 0 Å². The zero-order valence-electron chi connectivity index (χ0n) is 16.0. The lowest BCUT2D eigenvalue weighted by Gasteiger charge is -2.50. The minimum Gasteiger partial charge on any atom is -0.344 e. The van der Waals surface area contributed by atoms with Gasteiger partial charge in [0, 0.05) is 17.7 Å². The predicted octanol–water partition coefficient (Wildman–Crippen LogP) is 7.63. The molecule has 1 nitrogen and oxygen atoms in total. The fourth-order valence-corrected chi connectivity index (χ4v) is 5.89. The van der Waals surface area contributed by atoms with E-state index < -0.39 is 9.75 Å². The topological polar surface area (TPSA) is 35.0 Å². The van der Waals surface area contributed by atoms with Gasteiger partial charge < -0.3 is 6.15 Å². The van der Waals surface area contributed by atoms with Crippen LogP contribution in [-0.4, -0.2) is 5.88 Å². The summed E-state index contributed by atoms with van der Waals surface area (Å²) >= 11 is 21.5. The molecule has 0 saturated heterocycles. The minimum absolute atomic E-state index is 0. The van der Waals surface area contributed by atoms with Crippen molar-refractivity contribution in [3.05, 3.63) is 120 Å². The molecule has 29 heavy (non-hydrogen) atoms. The Balaban J connectivity index is 0.00000240. The zero-order chi connectivity index (χ0) is 19.6. The summed E-state index contributed by atoms with van der Waals surface area (Å²) in [5, 5.41) is 0. The van der Waals surface area contributed by atoms with Crippen molar-refractivity contribution < 1.29 is 0 Å². The first kappa shape index (κ1) is 21.9. The normalized spacial score (nSPS) is 28.5. The van der Waals surface area contributed by atoms with E-state index in [-0.39, 0.29) is 18.0 Å². The SMILES string of the molecule is ClCC1C=CC(Cl)(c2ccccc2)C(c2ccccc2)C1(Cl)c1ccccc1.N. The van der Waals surface area contributed by atoms with E-state index in [1.807, 2.05) is 54.6 Å². The molecule has 0 amide bonds. The second kappa shape index (κ2) is 8.93. The van der Waals surface area contributed by atoms with Gasteiger partial charge in [0.05, 0.1) is 9.75 Å². The maximum absolute atomic E-state index is 7.58. The van der Waals surface area contributed by atoms with Crippen molar-refractivity contribution in [1.82, 2.24) is 6.15 Å². The summed E-state index contributed by atoms with van der Waals surface area (Å²) in [6, 6.07) is 30.6. The van der Waals surface area contributed by atoms with Crippen molar-refractivity contribution in [3.63, 3.8) is 0 Å². The van der Waals surface area contributed by atoms with Crippen molar-refractivity contribution in [2.75, 3.05) is 5.88 Å². The van der Waals surface area contributed by atoms with E-state index in [4.69, 9.17) is 34.8 Å². The number of rotatable bonds is 4. The fraction of sp³-hybridized carbons (Fsp3) is 0.200. The molecule has 0 saturated carbocycles. The Hall–Kier alpha value is -1.77. The van der Waals surface area contributed by atoms with Gasteiger partial charge in [-0.05, 0) is 16.7 Å². The van der Waals surface area contributed by atoms with E-state index >= 15 is 0 Å². The lowest BCUT2D eigenvalue weighted by atomic mass is 9.62. The van der Waals surface area contributed by atoms with Crippen LogP contribution in [0.3, 0.4) is 0 Å². The van der Waals surface area contributed by atoms with Gasteiger partial charge in [-0.2, -0.15) is 0 Å². The third kappa shape index (κ3) is 3.73. The summed E-state index contributed by atoms with van der Waals surface area (Å²) in [7, 11) is 0. The molecule has 4 atom stereocenters. The third-order valence-corrected chi connectivity index (χ3v) is 7.29. The van der Waals surface area contributed by atoms with Gasteiger partial charge in [-0.15, -0.1) is 34.8 Å². The van der Waals surface area contributed by atoms with Crippen LogP contribution in [0.4, 0.5) is 0 Å². The van der Waals surface area contributed by atoms with Crippen LogP contribution in [0.2, 0.25) is 0 Å². The molecule has 150 valence electrons. The number of hydrogen-bond acceptors (Lipinski definition) is 1. The lowest BCUT2D eigenvalue weighted by molar-refractivity contribution is 0.329. The van der Waals surface area contributed by atoms with Crippen LogP contribution in [0.1, 0.15) is 22.6 Å². The Morgan fingerprint density at radius 3 is 1.69 bits per heavy atom. The molecule has 0 heterocycles. The van der Waals surface area contributed by atoms with E-state index in [1.165, 1.54) is 0 Å². The Kier molecular flexibility index (Phi) is 6.76. The maximum Gasteiger partial charge on any atom is 0.0964 e. The molecule has 3 aromatic carbocycles. The highest BCUT2D eigenvalue weighted by Gasteiger charge is 2.56. The van der Waals surface area contributed by atoms with Crippen LogP contribution >= 0.6 is 34.8 Å². The average Bonchev–Trinajstić information content (AvgIpc) is 2.76. The quantitative estimate of drug-likeness (QED) is 0.326. The molecule has 0 aliphatic heterocycles. The summed E-state index contributed by atoms with van der Waals surface area (Å²) in [5.41, 5.74) is 3.15. The molecule has 3 aromatic rings. The number of hydrogen-bond donors (Lipinski definition) is 1. The van der Waals surface area contributed by atoms with E-state index in [9.17, 15) is 0 Å². The molecule has 4 rings (SSSR count). The standard InChI is InChI=1S/C25H21Cl3.H3N/c26-18-22-16-17-24(27,20-12-6-2-7-13-20)23(19-10-4-1-5-11-19)25(22,28)21-14-8-3-9-15-21;/h1-17,22-23H,18H2;1H3. The highest BCUT2D eigenvalue weighted by molar-refractivity contribution is 6.30. The third-order valence-electron chi connectivity index (χ3n) is 5.68. The Morgan fingerprint density at radius 1 is 0.690 bits per heavy atom. The second-order valence-corrected chi connectivity index (χ2v) is 8.79. The van der Waals surface area contributed by atoms with Gasteiger partial charge in [0.2, 0.25) is 0 Å². The maximum atomic E-state index is 7.58. The van der Waals surface area contributed by atoms with E-state index in [0.29, 0.717) is 5.88 Å². The van der Waals surface area contributed by atoms with Crippen LogP contribution in [-0.2, 0) is 9.75 Å². The molecule has 0 radical (unpaired) electrons. The van der Waals surface area contributed by atoms with Crippen LogP contribution in [0.15, 0.2) is 103 Å². The number of halogens is 3. The molecule has 0 spiro atoms. The minimum atomic E-state index is -0.789. The largest absolute Gasteiger partial charge is 0.344 e. The number of allylic oxidation sites excluding steroid dienone is 2. The van der Waals surface area contributed by atoms with Crippen molar-refractivity contribution in [3.8, 4) is 0 Å². The van der Waals surface area contributed by atoms with Crippen LogP contribution in [0, 0.1) is 5.92 Å². The first-order valence-corrected chi connectivity index (χ1v) is 10.7. The monoisotopic (exact) mass is 443 g/mol. The van der Waals surface area contributed by atoms with Gasteiger partial charge in [0.1, 0.15) is 0 Å². The van der Waals surface area contributed by atoms with Gasteiger partial charge in [0.15, 0.2) is 0 Å². The van der Waals surface area contributed by atoms with Crippen molar-refractivity contribution in [2.24, 2.45) is 5.92 Å². The van der Waals surface area contributed by atoms with E-state index in [0.717, 1.165) is 16.7 Å². The summed E-state index contributed by atoms with van der Waals surface area (Å²) in [5.74, 6) is 0.155. The molecule has 3 N–H and O–H groups in total. The Bertz CT molecular complexity index is 946. The highest BCUT2D eigenvalue weighted by atomic mass is 35.5. The molecular weight excluding hydrogens is 421 g/mol. The van der Waals surface area contributed by atoms with Crippen molar-refractivity contribution >= 4 is 34.8 Å². The first-order valence-electron chi connectivity index (χ1n) is 9.40. The lowest BCUT2D eigenvalue weighted by Crippen LogP contribution is -2.47. The Labute approximate surface area is 187 Å². The second-order valence-electron chi connectivity index (χ2n) is 7.23.